The van der Waals surface area contributed by atoms with E-state index in [1.165, 1.54) is 0 Å². The number of aliphatic carboxylic acids is 1. The van der Waals surface area contributed by atoms with E-state index in [1.807, 2.05) is 25.1 Å². The van der Waals surface area contributed by atoms with Crippen LogP contribution in [0.5, 0.6) is 5.75 Å². The first-order valence-electron chi connectivity index (χ1n) is 5.06. The fourth-order valence-electron chi connectivity index (χ4n) is 2.08. The van der Waals surface area contributed by atoms with E-state index in [1.54, 1.807) is 6.92 Å². The maximum absolute atomic E-state index is 11.0. The Morgan fingerprint density at radius 3 is 3.00 bits per heavy atom. The van der Waals surface area contributed by atoms with Gasteiger partial charge in [-0.3, -0.25) is 4.79 Å². The van der Waals surface area contributed by atoms with Gasteiger partial charge in [-0.25, -0.2) is 0 Å². The van der Waals surface area contributed by atoms with E-state index in [-0.39, 0.29) is 5.92 Å². The lowest BCUT2D eigenvalue weighted by atomic mass is 9.86. The number of ether oxygens (including phenoxy) is 1. The van der Waals surface area contributed by atoms with E-state index in [0.717, 1.165) is 16.9 Å². The van der Waals surface area contributed by atoms with Gasteiger partial charge in [-0.15, -0.1) is 0 Å². The van der Waals surface area contributed by atoms with Crippen molar-refractivity contribution in [2.24, 2.45) is 5.92 Å². The summed E-state index contributed by atoms with van der Waals surface area (Å²) >= 11 is 0. The van der Waals surface area contributed by atoms with Gasteiger partial charge in [0, 0.05) is 11.5 Å². The molecule has 0 aromatic heterocycles. The summed E-state index contributed by atoms with van der Waals surface area (Å²) in [7, 11) is 0. The Kier molecular flexibility index (Phi) is 2.39. The molecule has 0 spiro atoms. The van der Waals surface area contributed by atoms with E-state index in [4.69, 9.17) is 9.84 Å². The number of hydrogen-bond acceptors (Lipinski definition) is 2. The second-order valence-electron chi connectivity index (χ2n) is 4.03. The second kappa shape index (κ2) is 3.57. The molecule has 3 heteroatoms. The number of carbonyl (C=O) groups is 1. The molecule has 0 radical (unpaired) electrons. The molecule has 2 rings (SSSR count). The molecule has 1 aromatic carbocycles. The fraction of sp³-hybridized carbons (Fsp3) is 0.417. The van der Waals surface area contributed by atoms with Crippen LogP contribution in [-0.2, 0) is 4.79 Å². The average Bonchev–Trinajstić information content (AvgIpc) is 2.61. The van der Waals surface area contributed by atoms with Crippen LogP contribution in [0.3, 0.4) is 0 Å². The van der Waals surface area contributed by atoms with Crippen molar-refractivity contribution < 1.29 is 14.6 Å². The van der Waals surface area contributed by atoms with Crippen molar-refractivity contribution in [1.82, 2.24) is 0 Å². The predicted octanol–water partition coefficient (Wildman–Crippen LogP) is 2.19. The van der Waals surface area contributed by atoms with Crippen LogP contribution in [-0.4, -0.2) is 17.7 Å². The van der Waals surface area contributed by atoms with Crippen molar-refractivity contribution in [2.45, 2.75) is 19.8 Å². The molecule has 80 valence electrons. The average molecular weight is 206 g/mol. The van der Waals surface area contributed by atoms with Gasteiger partial charge in [0.15, 0.2) is 0 Å². The standard InChI is InChI=1S/C12H14O3/c1-7-4-3-5-10-11(7)9(6-15-10)8(2)12(13)14/h3-5,8-9H,6H2,1-2H3,(H,13,14). The van der Waals surface area contributed by atoms with Gasteiger partial charge in [-0.2, -0.15) is 0 Å². The van der Waals surface area contributed by atoms with Crippen molar-refractivity contribution in [3.8, 4) is 5.75 Å². The minimum atomic E-state index is -0.764. The minimum absolute atomic E-state index is 0.0151. The van der Waals surface area contributed by atoms with Crippen LogP contribution in [0.1, 0.15) is 24.0 Å². The highest BCUT2D eigenvalue weighted by molar-refractivity contribution is 5.71. The highest BCUT2D eigenvalue weighted by Crippen LogP contribution is 2.40. The lowest BCUT2D eigenvalue weighted by Gasteiger charge is -2.15. The van der Waals surface area contributed by atoms with Crippen LogP contribution < -0.4 is 4.74 Å². The smallest absolute Gasteiger partial charge is 0.306 e. The quantitative estimate of drug-likeness (QED) is 0.806. The third kappa shape index (κ3) is 1.58. The van der Waals surface area contributed by atoms with Crippen molar-refractivity contribution in [2.75, 3.05) is 6.61 Å². The maximum atomic E-state index is 11.0. The summed E-state index contributed by atoms with van der Waals surface area (Å²) in [6, 6.07) is 5.83. The topological polar surface area (TPSA) is 46.5 Å². The molecule has 0 saturated heterocycles. The first-order valence-corrected chi connectivity index (χ1v) is 5.06. The summed E-state index contributed by atoms with van der Waals surface area (Å²) in [4.78, 5) is 11.0. The first kappa shape index (κ1) is 10.0. The molecule has 1 aliphatic rings. The van der Waals surface area contributed by atoms with Gasteiger partial charge in [0.1, 0.15) is 5.75 Å². The third-order valence-electron chi connectivity index (χ3n) is 3.07. The van der Waals surface area contributed by atoms with E-state index >= 15 is 0 Å². The molecule has 2 unspecified atom stereocenters. The highest BCUT2D eigenvalue weighted by atomic mass is 16.5. The summed E-state index contributed by atoms with van der Waals surface area (Å²) in [5.74, 6) is -0.334. The molecule has 0 saturated carbocycles. The van der Waals surface area contributed by atoms with E-state index in [9.17, 15) is 4.79 Å². The number of carboxylic acids is 1. The molecule has 3 nitrogen and oxygen atoms in total. The van der Waals surface area contributed by atoms with E-state index in [2.05, 4.69) is 0 Å². The minimum Gasteiger partial charge on any atom is -0.493 e. The number of rotatable bonds is 2. The highest BCUT2D eigenvalue weighted by Gasteiger charge is 2.33. The van der Waals surface area contributed by atoms with E-state index in [0.29, 0.717) is 6.61 Å². The van der Waals surface area contributed by atoms with Gasteiger partial charge in [0.2, 0.25) is 0 Å². The van der Waals surface area contributed by atoms with Crippen LogP contribution >= 0.6 is 0 Å². The van der Waals surface area contributed by atoms with Crippen molar-refractivity contribution in [1.29, 1.82) is 0 Å². The molecule has 1 heterocycles. The van der Waals surface area contributed by atoms with Crippen LogP contribution in [0.4, 0.5) is 0 Å². The molecule has 0 amide bonds. The monoisotopic (exact) mass is 206 g/mol. The number of aryl methyl sites for hydroxylation is 1. The molecule has 1 aliphatic heterocycles. The summed E-state index contributed by atoms with van der Waals surface area (Å²) in [6.07, 6.45) is 0. The zero-order valence-electron chi connectivity index (χ0n) is 8.86. The van der Waals surface area contributed by atoms with Crippen LogP contribution in [0.15, 0.2) is 18.2 Å². The van der Waals surface area contributed by atoms with Gasteiger partial charge < -0.3 is 9.84 Å². The lowest BCUT2D eigenvalue weighted by Crippen LogP contribution is -2.20. The van der Waals surface area contributed by atoms with Crippen molar-refractivity contribution in [3.05, 3.63) is 29.3 Å². The second-order valence-corrected chi connectivity index (χ2v) is 4.03. The Bertz CT molecular complexity index is 398. The number of hydrogen-bond donors (Lipinski definition) is 1. The Hall–Kier alpha value is -1.51. The molecule has 0 aliphatic carbocycles. The summed E-state index contributed by atoms with van der Waals surface area (Å²) in [5, 5.41) is 9.00. The zero-order valence-corrected chi connectivity index (χ0v) is 8.86. The first-order chi connectivity index (χ1) is 7.11. The normalized spacial score (nSPS) is 20.5. The Labute approximate surface area is 88.7 Å². The molecule has 1 aromatic rings. The van der Waals surface area contributed by atoms with Crippen LogP contribution in [0.25, 0.3) is 0 Å². The van der Waals surface area contributed by atoms with Gasteiger partial charge in [0.25, 0.3) is 0 Å². The van der Waals surface area contributed by atoms with Gasteiger partial charge in [0.05, 0.1) is 12.5 Å². The van der Waals surface area contributed by atoms with Crippen LogP contribution in [0, 0.1) is 12.8 Å². The van der Waals surface area contributed by atoms with Gasteiger partial charge in [-0.05, 0) is 18.6 Å². The molecule has 1 N–H and O–H groups in total. The fourth-order valence-corrected chi connectivity index (χ4v) is 2.08. The van der Waals surface area contributed by atoms with Crippen molar-refractivity contribution in [3.63, 3.8) is 0 Å². The van der Waals surface area contributed by atoms with Gasteiger partial charge >= 0.3 is 5.97 Å². The molecule has 15 heavy (non-hydrogen) atoms. The lowest BCUT2D eigenvalue weighted by molar-refractivity contribution is -0.142. The zero-order chi connectivity index (χ0) is 11.0. The summed E-state index contributed by atoms with van der Waals surface area (Å²) in [5.41, 5.74) is 2.18. The largest absolute Gasteiger partial charge is 0.493 e. The Morgan fingerprint density at radius 2 is 2.33 bits per heavy atom. The maximum Gasteiger partial charge on any atom is 0.306 e. The molecule has 2 atom stereocenters. The number of fused-ring (bicyclic) bond motifs is 1. The molecular formula is C12H14O3. The van der Waals surface area contributed by atoms with Crippen LogP contribution in [0.2, 0.25) is 0 Å². The third-order valence-corrected chi connectivity index (χ3v) is 3.07. The Balaban J connectivity index is 2.39. The van der Waals surface area contributed by atoms with Crippen molar-refractivity contribution >= 4 is 5.97 Å². The van der Waals surface area contributed by atoms with E-state index < -0.39 is 11.9 Å². The molecule has 0 fully saturated rings. The SMILES string of the molecule is Cc1cccc2c1C(C(C)C(=O)O)CO2. The number of benzene rings is 1. The summed E-state index contributed by atoms with van der Waals surface area (Å²) in [6.45, 7) is 4.21. The molecule has 0 bridgehead atoms. The predicted molar refractivity (Wildman–Crippen MR) is 56.2 cm³/mol. The molecular weight excluding hydrogens is 192 g/mol. The van der Waals surface area contributed by atoms with Gasteiger partial charge in [-0.1, -0.05) is 19.1 Å². The summed E-state index contributed by atoms with van der Waals surface area (Å²) < 4.78 is 5.50. The Morgan fingerprint density at radius 1 is 1.60 bits per heavy atom. The number of carboxylic acid groups (broad SMARTS) is 1.